The minimum absolute atomic E-state index is 0.160. The normalized spacial score (nSPS) is 19.3. The van der Waals surface area contributed by atoms with Crippen molar-refractivity contribution < 1.29 is 9.63 Å². The van der Waals surface area contributed by atoms with Gasteiger partial charge in [0.15, 0.2) is 0 Å². The smallest absolute Gasteiger partial charge is 0.278 e. The lowest BCUT2D eigenvalue weighted by atomic mass is 10.1. The molecule has 1 aliphatic rings. The molecule has 3 aromatic heterocycles. The number of halogens is 1. The average Bonchev–Trinajstić information content (AvgIpc) is 3.12. The number of fused-ring (bicyclic) bond motifs is 3. The minimum atomic E-state index is -0.591. The summed E-state index contributed by atoms with van der Waals surface area (Å²) in [5.41, 5.74) is 1.16. The Morgan fingerprint density at radius 3 is 2.87 bits per heavy atom. The maximum Gasteiger partial charge on any atom is 0.278 e. The zero-order valence-electron chi connectivity index (χ0n) is 16.2. The van der Waals surface area contributed by atoms with Crippen LogP contribution in [0.4, 0.5) is 0 Å². The molecule has 0 spiro atoms. The number of benzene rings is 1. The predicted octanol–water partition coefficient (Wildman–Crippen LogP) is 2.90. The van der Waals surface area contributed by atoms with E-state index in [1.807, 2.05) is 0 Å². The van der Waals surface area contributed by atoms with E-state index in [2.05, 4.69) is 28.1 Å². The lowest BCUT2D eigenvalue weighted by Crippen LogP contribution is -2.28. The minimum Gasteiger partial charge on any atom is -0.394 e. The summed E-state index contributed by atoms with van der Waals surface area (Å²) in [4.78, 5) is 22.4. The fourth-order valence-electron chi connectivity index (χ4n) is 3.87. The van der Waals surface area contributed by atoms with E-state index in [1.54, 1.807) is 23.5 Å². The van der Waals surface area contributed by atoms with Gasteiger partial charge in [-0.05, 0) is 31.4 Å². The lowest BCUT2D eigenvalue weighted by Gasteiger charge is -2.18. The van der Waals surface area contributed by atoms with Crippen LogP contribution in [0.3, 0.4) is 0 Å². The second-order valence-electron chi connectivity index (χ2n) is 7.70. The first kappa shape index (κ1) is 18.8. The zero-order valence-corrected chi connectivity index (χ0v) is 17.0. The van der Waals surface area contributed by atoms with E-state index in [4.69, 9.17) is 16.1 Å². The van der Waals surface area contributed by atoms with Crippen LogP contribution in [0.5, 0.6) is 0 Å². The highest BCUT2D eigenvalue weighted by Crippen LogP contribution is 2.46. The van der Waals surface area contributed by atoms with Gasteiger partial charge in [0.1, 0.15) is 23.6 Å². The van der Waals surface area contributed by atoms with Gasteiger partial charge in [-0.2, -0.15) is 10.2 Å². The van der Waals surface area contributed by atoms with E-state index >= 15 is 0 Å². The highest BCUT2D eigenvalue weighted by Gasteiger charge is 2.39. The summed E-state index contributed by atoms with van der Waals surface area (Å²) in [6, 6.07) is 4.79. The fraction of sp³-hybridized carbons (Fsp3) is 0.350. The van der Waals surface area contributed by atoms with Crippen LogP contribution in [-0.4, -0.2) is 35.8 Å². The van der Waals surface area contributed by atoms with Gasteiger partial charge >= 0.3 is 0 Å². The highest BCUT2D eigenvalue weighted by atomic mass is 35.5. The van der Waals surface area contributed by atoms with Crippen molar-refractivity contribution in [2.75, 3.05) is 6.61 Å². The maximum absolute atomic E-state index is 13.5. The van der Waals surface area contributed by atoms with Crippen LogP contribution in [0.1, 0.15) is 43.7 Å². The Morgan fingerprint density at radius 2 is 2.20 bits per heavy atom. The Bertz CT molecular complexity index is 1410. The van der Waals surface area contributed by atoms with Crippen LogP contribution >= 0.6 is 11.6 Å². The van der Waals surface area contributed by atoms with Crippen molar-refractivity contribution in [2.45, 2.75) is 32.2 Å². The molecule has 1 aromatic carbocycles. The Balaban J connectivity index is 1.85. The van der Waals surface area contributed by atoms with Crippen LogP contribution in [0.2, 0.25) is 5.02 Å². The number of rotatable bonds is 4. The molecule has 4 aromatic rings. The van der Waals surface area contributed by atoms with Crippen molar-refractivity contribution in [3.8, 4) is 17.6 Å². The van der Waals surface area contributed by atoms with Gasteiger partial charge in [0.25, 0.3) is 5.56 Å². The van der Waals surface area contributed by atoms with Crippen molar-refractivity contribution >= 4 is 28.2 Å². The summed E-state index contributed by atoms with van der Waals surface area (Å²) >= 11 is 6.22. The highest BCUT2D eigenvalue weighted by molar-refractivity contribution is 6.32. The Morgan fingerprint density at radius 1 is 1.43 bits per heavy atom. The topological polar surface area (TPSA) is 122 Å². The van der Waals surface area contributed by atoms with Crippen LogP contribution in [0.15, 0.2) is 27.8 Å². The number of aliphatic hydroxyl groups is 1. The van der Waals surface area contributed by atoms with Crippen molar-refractivity contribution in [2.24, 2.45) is 5.92 Å². The molecule has 3 heterocycles. The molecule has 10 heteroatoms. The van der Waals surface area contributed by atoms with Gasteiger partial charge in [0, 0.05) is 5.92 Å². The molecular formula is C20H17ClN6O3. The van der Waals surface area contributed by atoms with Crippen molar-refractivity contribution in [1.82, 2.24) is 24.1 Å². The largest absolute Gasteiger partial charge is 0.394 e. The molecule has 1 N–H and O–H groups in total. The predicted molar refractivity (Wildman–Crippen MR) is 108 cm³/mol. The SMILES string of the molecule is CC1CC1c1nc(-c2ncn3c2c(=O)n(C(C)CO)c2c(C#N)c(Cl)ccc23)no1. The Kier molecular flexibility index (Phi) is 4.17. The number of nitriles is 1. The summed E-state index contributed by atoms with van der Waals surface area (Å²) in [6.07, 6.45) is 2.49. The molecule has 0 amide bonds. The molecule has 0 radical (unpaired) electrons. The average molecular weight is 425 g/mol. The molecule has 0 aliphatic heterocycles. The first-order valence-corrected chi connectivity index (χ1v) is 9.92. The van der Waals surface area contributed by atoms with Crippen molar-refractivity contribution in [1.29, 1.82) is 5.26 Å². The molecule has 1 aliphatic carbocycles. The van der Waals surface area contributed by atoms with Crippen LogP contribution in [0, 0.1) is 17.2 Å². The molecule has 9 nitrogen and oxygen atoms in total. The zero-order chi connectivity index (χ0) is 21.2. The number of hydrogen-bond donors (Lipinski definition) is 1. The monoisotopic (exact) mass is 424 g/mol. The molecule has 5 rings (SSSR count). The van der Waals surface area contributed by atoms with Gasteiger partial charge in [-0.1, -0.05) is 23.7 Å². The summed E-state index contributed by atoms with van der Waals surface area (Å²) in [6.45, 7) is 3.51. The van der Waals surface area contributed by atoms with Gasteiger partial charge < -0.3 is 9.63 Å². The summed E-state index contributed by atoms with van der Waals surface area (Å²) < 4.78 is 8.37. The van der Waals surface area contributed by atoms with E-state index in [9.17, 15) is 15.2 Å². The van der Waals surface area contributed by atoms with Crippen LogP contribution in [0.25, 0.3) is 28.1 Å². The first-order chi connectivity index (χ1) is 14.5. The quantitative estimate of drug-likeness (QED) is 0.534. The second kappa shape index (κ2) is 6.65. The van der Waals surface area contributed by atoms with Crippen molar-refractivity contribution in [3.05, 3.63) is 45.3 Å². The summed E-state index contributed by atoms with van der Waals surface area (Å²) in [5, 5.41) is 23.7. The molecule has 3 unspecified atom stereocenters. The van der Waals surface area contributed by atoms with E-state index in [0.717, 1.165) is 6.42 Å². The van der Waals surface area contributed by atoms with Crippen molar-refractivity contribution in [3.63, 3.8) is 0 Å². The van der Waals surface area contributed by atoms with E-state index in [0.29, 0.717) is 22.8 Å². The number of nitrogens with zero attached hydrogens (tertiary/aromatic N) is 6. The maximum atomic E-state index is 13.5. The van der Waals surface area contributed by atoms with Gasteiger partial charge in [-0.3, -0.25) is 13.8 Å². The summed E-state index contributed by atoms with van der Waals surface area (Å²) in [5.74, 6) is 1.52. The van der Waals surface area contributed by atoms with Crippen LogP contribution in [-0.2, 0) is 0 Å². The van der Waals surface area contributed by atoms with E-state index in [1.165, 1.54) is 10.9 Å². The number of imidazole rings is 1. The Hall–Kier alpha value is -3.22. The fourth-order valence-corrected chi connectivity index (χ4v) is 4.06. The van der Waals surface area contributed by atoms with Gasteiger partial charge in [0.05, 0.1) is 34.3 Å². The standard InChI is InChI=1S/C20H17ClN6O3/c1-9-5-11(9)19-24-18(25-30-19)15-17-20(29)27(10(2)7-28)16-12(6-22)13(21)3-4-14(16)26(17)8-23-15/h3-4,8-11,28H,5,7H2,1-2H3. The third kappa shape index (κ3) is 2.57. The lowest BCUT2D eigenvalue weighted by molar-refractivity contribution is 0.239. The van der Waals surface area contributed by atoms with Crippen LogP contribution < -0.4 is 5.56 Å². The molecule has 152 valence electrons. The third-order valence-corrected chi connectivity index (χ3v) is 6.01. The van der Waals surface area contributed by atoms with Gasteiger partial charge in [-0.25, -0.2) is 4.98 Å². The molecule has 0 bridgehead atoms. The first-order valence-electron chi connectivity index (χ1n) is 9.55. The number of hydrogen-bond acceptors (Lipinski definition) is 7. The number of aliphatic hydroxyl groups excluding tert-OH is 1. The molecule has 1 fully saturated rings. The molecule has 0 saturated heterocycles. The summed E-state index contributed by atoms with van der Waals surface area (Å²) in [7, 11) is 0. The van der Waals surface area contributed by atoms with Gasteiger partial charge in [0.2, 0.25) is 11.7 Å². The third-order valence-electron chi connectivity index (χ3n) is 5.69. The molecule has 3 atom stereocenters. The second-order valence-corrected chi connectivity index (χ2v) is 8.10. The van der Waals surface area contributed by atoms with Gasteiger partial charge in [-0.15, -0.1) is 0 Å². The molecule has 30 heavy (non-hydrogen) atoms. The molecule has 1 saturated carbocycles. The van der Waals surface area contributed by atoms with E-state index < -0.39 is 11.6 Å². The molecular weight excluding hydrogens is 408 g/mol. The number of aromatic nitrogens is 5. The Labute approximate surface area is 175 Å². The van der Waals surface area contributed by atoms with E-state index in [-0.39, 0.29) is 40.1 Å².